The summed E-state index contributed by atoms with van der Waals surface area (Å²) < 4.78 is 0. The van der Waals surface area contributed by atoms with Crippen LogP contribution in [0.3, 0.4) is 0 Å². The Labute approximate surface area is 158 Å². The Morgan fingerprint density at radius 2 is 2.00 bits per heavy atom. The first-order chi connectivity index (χ1) is 12.9. The number of halogens is 1. The number of pyridine rings is 1. The summed E-state index contributed by atoms with van der Waals surface area (Å²) in [6.45, 7) is 0.530. The largest absolute Gasteiger partial charge is 0.465 e. The number of aromatic nitrogens is 1. The Morgan fingerprint density at radius 1 is 1.22 bits per heavy atom. The van der Waals surface area contributed by atoms with Crippen molar-refractivity contribution < 1.29 is 19.6 Å². The van der Waals surface area contributed by atoms with Crippen LogP contribution in [-0.2, 0) is 0 Å². The molecule has 1 aromatic carbocycles. The molecule has 0 aliphatic rings. The number of hydrogen-bond acceptors (Lipinski definition) is 6. The number of carbonyl (C=O) groups excluding carboxylic acids is 1. The predicted octanol–water partition coefficient (Wildman–Crippen LogP) is 2.97. The summed E-state index contributed by atoms with van der Waals surface area (Å²) >= 11 is 5.82. The zero-order valence-electron chi connectivity index (χ0n) is 13.9. The third-order valence-electron chi connectivity index (χ3n) is 3.37. The monoisotopic (exact) mass is 393 g/mol. The Kier molecular flexibility index (Phi) is 6.89. The highest BCUT2D eigenvalue weighted by Crippen LogP contribution is 2.26. The number of benzene rings is 1. The van der Waals surface area contributed by atoms with Gasteiger partial charge in [-0.25, -0.2) is 9.78 Å². The zero-order valence-corrected chi connectivity index (χ0v) is 14.7. The fourth-order valence-corrected chi connectivity index (χ4v) is 2.30. The van der Waals surface area contributed by atoms with Gasteiger partial charge in [0.1, 0.15) is 11.5 Å². The average Bonchev–Trinajstić information content (AvgIpc) is 2.61. The highest BCUT2D eigenvalue weighted by atomic mass is 35.5. The van der Waals surface area contributed by atoms with Crippen molar-refractivity contribution in [1.82, 2.24) is 10.3 Å². The van der Waals surface area contributed by atoms with E-state index < -0.39 is 16.9 Å². The molecule has 142 valence electrons. The van der Waals surface area contributed by atoms with Crippen LogP contribution < -0.4 is 16.0 Å². The van der Waals surface area contributed by atoms with E-state index in [4.69, 9.17) is 16.7 Å². The van der Waals surface area contributed by atoms with Crippen molar-refractivity contribution in [3.63, 3.8) is 0 Å². The van der Waals surface area contributed by atoms with Gasteiger partial charge in [0.15, 0.2) is 0 Å². The molecule has 1 heterocycles. The van der Waals surface area contributed by atoms with Crippen LogP contribution in [0.2, 0.25) is 5.02 Å². The van der Waals surface area contributed by atoms with Crippen LogP contribution in [0, 0.1) is 10.1 Å². The molecule has 0 fully saturated rings. The van der Waals surface area contributed by atoms with Crippen molar-refractivity contribution in [1.29, 1.82) is 0 Å². The molecule has 2 aromatic rings. The maximum absolute atomic E-state index is 12.3. The first-order valence-corrected chi connectivity index (χ1v) is 8.16. The van der Waals surface area contributed by atoms with Gasteiger partial charge in [0.05, 0.1) is 4.92 Å². The first-order valence-electron chi connectivity index (χ1n) is 7.79. The van der Waals surface area contributed by atoms with E-state index in [0.29, 0.717) is 18.0 Å². The van der Waals surface area contributed by atoms with Crippen LogP contribution in [0.4, 0.5) is 22.0 Å². The number of hydrogen-bond donors (Lipinski definition) is 4. The summed E-state index contributed by atoms with van der Waals surface area (Å²) in [6, 6.07) is 7.01. The van der Waals surface area contributed by atoms with Crippen molar-refractivity contribution in [2.24, 2.45) is 0 Å². The summed E-state index contributed by atoms with van der Waals surface area (Å²) in [5, 5.41) is 27.7. The molecule has 0 spiro atoms. The molecule has 1 aromatic heterocycles. The lowest BCUT2D eigenvalue weighted by molar-refractivity contribution is -0.384. The van der Waals surface area contributed by atoms with Crippen LogP contribution in [0.5, 0.6) is 0 Å². The van der Waals surface area contributed by atoms with Crippen molar-refractivity contribution >= 4 is 40.8 Å². The van der Waals surface area contributed by atoms with E-state index in [1.165, 1.54) is 24.4 Å². The molecule has 0 saturated carbocycles. The average molecular weight is 394 g/mol. The van der Waals surface area contributed by atoms with Gasteiger partial charge >= 0.3 is 6.09 Å². The number of nitrogens with zero attached hydrogens (tertiary/aromatic N) is 2. The Balaban J connectivity index is 2.06. The van der Waals surface area contributed by atoms with Gasteiger partial charge in [-0.15, -0.1) is 0 Å². The number of nitro groups is 1. The lowest BCUT2D eigenvalue weighted by Gasteiger charge is -2.09. The SMILES string of the molecule is O=C(O)NCCCNc1ccc(C(=O)Nc2cc(Cl)ccn2)cc1[N+](=O)[O-]. The van der Waals surface area contributed by atoms with Crippen molar-refractivity contribution in [3.8, 4) is 0 Å². The van der Waals surface area contributed by atoms with E-state index in [9.17, 15) is 19.7 Å². The molecule has 0 atom stereocenters. The highest BCUT2D eigenvalue weighted by Gasteiger charge is 2.18. The number of carbonyl (C=O) groups is 2. The van der Waals surface area contributed by atoms with Gasteiger partial charge in [-0.3, -0.25) is 14.9 Å². The van der Waals surface area contributed by atoms with Gasteiger partial charge in [0.2, 0.25) is 0 Å². The van der Waals surface area contributed by atoms with Gasteiger partial charge in [-0.1, -0.05) is 11.6 Å². The fourth-order valence-electron chi connectivity index (χ4n) is 2.14. The second-order valence-electron chi connectivity index (χ2n) is 5.31. The standard InChI is InChI=1S/C16H16ClN5O5/c17-11-4-7-19-14(9-11)21-15(23)10-2-3-12(13(8-10)22(26)27)18-5-1-6-20-16(24)25/h2-4,7-9,18,20H,1,5-6H2,(H,24,25)(H,19,21,23). The van der Waals surface area contributed by atoms with Crippen molar-refractivity contribution in [2.45, 2.75) is 6.42 Å². The van der Waals surface area contributed by atoms with Crippen LogP contribution in [0.15, 0.2) is 36.5 Å². The fraction of sp³-hybridized carbons (Fsp3) is 0.188. The quantitative estimate of drug-likeness (QED) is 0.306. The third kappa shape index (κ3) is 6.12. The van der Waals surface area contributed by atoms with Gasteiger partial charge in [0, 0.05) is 35.9 Å². The van der Waals surface area contributed by atoms with E-state index in [2.05, 4.69) is 20.9 Å². The van der Waals surface area contributed by atoms with E-state index in [1.807, 2.05) is 0 Å². The lowest BCUT2D eigenvalue weighted by atomic mass is 10.1. The maximum Gasteiger partial charge on any atom is 0.404 e. The molecule has 0 aliphatic heterocycles. The van der Waals surface area contributed by atoms with Crippen LogP contribution in [0.1, 0.15) is 16.8 Å². The van der Waals surface area contributed by atoms with E-state index in [0.717, 1.165) is 6.07 Å². The zero-order chi connectivity index (χ0) is 19.8. The van der Waals surface area contributed by atoms with Gasteiger partial charge in [-0.05, 0) is 30.7 Å². The number of nitro benzene ring substituents is 1. The summed E-state index contributed by atoms with van der Waals surface area (Å²) in [5.74, 6) is -0.339. The molecular weight excluding hydrogens is 378 g/mol. The van der Waals surface area contributed by atoms with Gasteiger partial charge in [-0.2, -0.15) is 0 Å². The molecule has 0 radical (unpaired) electrons. The molecule has 27 heavy (non-hydrogen) atoms. The molecule has 10 nitrogen and oxygen atoms in total. The van der Waals surface area contributed by atoms with E-state index in [-0.39, 0.29) is 29.3 Å². The number of nitrogens with one attached hydrogen (secondary N) is 3. The Bertz CT molecular complexity index is 861. The van der Waals surface area contributed by atoms with Crippen LogP contribution >= 0.6 is 11.6 Å². The predicted molar refractivity (Wildman–Crippen MR) is 99.4 cm³/mol. The highest BCUT2D eigenvalue weighted by molar-refractivity contribution is 6.30. The van der Waals surface area contributed by atoms with Gasteiger partial charge < -0.3 is 21.1 Å². The first kappa shape index (κ1) is 19.9. The van der Waals surface area contributed by atoms with E-state index in [1.54, 1.807) is 6.07 Å². The van der Waals surface area contributed by atoms with Gasteiger partial charge in [0.25, 0.3) is 11.6 Å². The van der Waals surface area contributed by atoms with Crippen LogP contribution in [0.25, 0.3) is 0 Å². The summed E-state index contributed by atoms with van der Waals surface area (Å²) in [7, 11) is 0. The Morgan fingerprint density at radius 3 is 2.67 bits per heavy atom. The number of amides is 2. The molecular formula is C16H16ClN5O5. The lowest BCUT2D eigenvalue weighted by Crippen LogP contribution is -2.23. The molecule has 0 bridgehead atoms. The van der Waals surface area contributed by atoms with E-state index >= 15 is 0 Å². The maximum atomic E-state index is 12.3. The summed E-state index contributed by atoms with van der Waals surface area (Å²) in [5.41, 5.74) is 0.0437. The third-order valence-corrected chi connectivity index (χ3v) is 3.60. The molecule has 0 aliphatic carbocycles. The summed E-state index contributed by atoms with van der Waals surface area (Å²) in [4.78, 5) is 37.3. The number of anilines is 2. The molecule has 11 heteroatoms. The van der Waals surface area contributed by atoms with Crippen molar-refractivity contribution in [2.75, 3.05) is 23.7 Å². The second-order valence-corrected chi connectivity index (χ2v) is 5.75. The molecule has 0 saturated heterocycles. The molecule has 4 N–H and O–H groups in total. The smallest absolute Gasteiger partial charge is 0.404 e. The topological polar surface area (TPSA) is 146 Å². The minimum absolute atomic E-state index is 0.0848. The second kappa shape index (κ2) is 9.34. The minimum Gasteiger partial charge on any atom is -0.465 e. The summed E-state index contributed by atoms with van der Waals surface area (Å²) in [6.07, 6.45) is 0.726. The number of carboxylic acid groups (broad SMARTS) is 1. The van der Waals surface area contributed by atoms with Crippen LogP contribution in [-0.4, -0.2) is 40.1 Å². The Hall–Kier alpha value is -3.40. The minimum atomic E-state index is -1.13. The number of rotatable bonds is 8. The molecule has 0 unspecified atom stereocenters. The van der Waals surface area contributed by atoms with Crippen molar-refractivity contribution in [3.05, 3.63) is 57.2 Å². The normalized spacial score (nSPS) is 10.1. The molecule has 2 rings (SSSR count). The molecule has 2 amide bonds.